The van der Waals surface area contributed by atoms with Gasteiger partial charge >= 0.3 is 0 Å². The molecule has 4 nitrogen and oxygen atoms in total. The zero-order chi connectivity index (χ0) is 13.0. The average Bonchev–Trinajstić information content (AvgIpc) is 2.41. The molecule has 2 aromatic rings. The second-order valence-electron chi connectivity index (χ2n) is 3.88. The minimum absolute atomic E-state index is 0.0849. The number of methoxy groups -OCH3 is 1. The third-order valence-electron chi connectivity index (χ3n) is 2.74. The fourth-order valence-electron chi connectivity index (χ4n) is 1.86. The van der Waals surface area contributed by atoms with Crippen molar-refractivity contribution in [2.75, 3.05) is 7.11 Å². The topological polar surface area (TPSA) is 52.4 Å². The summed E-state index contributed by atoms with van der Waals surface area (Å²) in [4.78, 5) is 10.2. The largest absolute Gasteiger partial charge is 0.372 e. The Kier molecular flexibility index (Phi) is 3.69. The molecule has 0 bridgehead atoms. The highest BCUT2D eigenvalue weighted by Gasteiger charge is 2.14. The number of nitro groups is 1. The minimum Gasteiger partial charge on any atom is -0.372 e. The van der Waals surface area contributed by atoms with Crippen LogP contribution in [0.4, 0.5) is 5.69 Å². The molecule has 0 fully saturated rings. The van der Waals surface area contributed by atoms with Gasteiger partial charge in [-0.25, -0.2) is 0 Å². The van der Waals surface area contributed by atoms with Crippen molar-refractivity contribution in [3.8, 4) is 0 Å². The molecule has 4 heteroatoms. The number of non-ortho nitro benzene ring substituents is 1. The summed E-state index contributed by atoms with van der Waals surface area (Å²) in [6.07, 6.45) is -0.202. The SMILES string of the molecule is COC(c1ccccc1)c1ccc([N+](=O)[O-])cc1. The molecule has 0 N–H and O–H groups in total. The molecule has 0 saturated heterocycles. The van der Waals surface area contributed by atoms with E-state index in [2.05, 4.69) is 0 Å². The Balaban J connectivity index is 2.31. The van der Waals surface area contributed by atoms with Crippen molar-refractivity contribution in [3.63, 3.8) is 0 Å². The lowest BCUT2D eigenvalue weighted by molar-refractivity contribution is -0.384. The van der Waals surface area contributed by atoms with Gasteiger partial charge in [0, 0.05) is 19.2 Å². The van der Waals surface area contributed by atoms with Gasteiger partial charge in [-0.15, -0.1) is 0 Å². The van der Waals surface area contributed by atoms with E-state index in [0.29, 0.717) is 0 Å². The van der Waals surface area contributed by atoms with E-state index < -0.39 is 4.92 Å². The Labute approximate surface area is 105 Å². The first kappa shape index (κ1) is 12.3. The fourth-order valence-corrected chi connectivity index (χ4v) is 1.86. The standard InChI is InChI=1S/C14H13NO3/c1-18-14(11-5-3-2-4-6-11)12-7-9-13(10-8-12)15(16)17/h2-10,14H,1H3. The van der Waals surface area contributed by atoms with Crippen molar-refractivity contribution in [2.45, 2.75) is 6.10 Å². The first-order valence-corrected chi connectivity index (χ1v) is 5.54. The van der Waals surface area contributed by atoms with Crippen LogP contribution in [0.1, 0.15) is 17.2 Å². The number of nitro benzene ring substituents is 1. The molecule has 0 radical (unpaired) electrons. The van der Waals surface area contributed by atoms with Crippen LogP contribution in [0.5, 0.6) is 0 Å². The summed E-state index contributed by atoms with van der Waals surface area (Å²) < 4.78 is 5.45. The Hall–Kier alpha value is -2.20. The van der Waals surface area contributed by atoms with Crippen LogP contribution < -0.4 is 0 Å². The molecule has 0 aromatic heterocycles. The van der Waals surface area contributed by atoms with E-state index in [4.69, 9.17) is 4.74 Å². The number of benzene rings is 2. The lowest BCUT2D eigenvalue weighted by Crippen LogP contribution is -2.03. The van der Waals surface area contributed by atoms with Crippen LogP contribution in [0.2, 0.25) is 0 Å². The highest BCUT2D eigenvalue weighted by atomic mass is 16.6. The predicted octanol–water partition coefficient (Wildman–Crippen LogP) is 3.33. The molecule has 0 heterocycles. The number of ether oxygens (including phenoxy) is 1. The predicted molar refractivity (Wildman–Crippen MR) is 68.4 cm³/mol. The highest BCUT2D eigenvalue weighted by molar-refractivity contribution is 5.37. The van der Waals surface area contributed by atoms with Crippen LogP contribution in [-0.4, -0.2) is 12.0 Å². The van der Waals surface area contributed by atoms with Gasteiger partial charge < -0.3 is 4.74 Å². The maximum absolute atomic E-state index is 10.6. The van der Waals surface area contributed by atoms with Gasteiger partial charge in [-0.2, -0.15) is 0 Å². The van der Waals surface area contributed by atoms with Crippen molar-refractivity contribution in [1.29, 1.82) is 0 Å². The van der Waals surface area contributed by atoms with Gasteiger partial charge in [0.1, 0.15) is 6.10 Å². The van der Waals surface area contributed by atoms with Crippen molar-refractivity contribution >= 4 is 5.69 Å². The lowest BCUT2D eigenvalue weighted by Gasteiger charge is -2.15. The zero-order valence-electron chi connectivity index (χ0n) is 9.95. The normalized spacial score (nSPS) is 12.1. The molecule has 0 aliphatic carbocycles. The average molecular weight is 243 g/mol. The summed E-state index contributed by atoms with van der Waals surface area (Å²) in [5.41, 5.74) is 2.00. The Morgan fingerprint density at radius 2 is 1.56 bits per heavy atom. The minimum atomic E-state index is -0.409. The highest BCUT2D eigenvalue weighted by Crippen LogP contribution is 2.26. The van der Waals surface area contributed by atoms with Crippen molar-refractivity contribution in [2.24, 2.45) is 0 Å². The fraction of sp³-hybridized carbons (Fsp3) is 0.143. The van der Waals surface area contributed by atoms with Crippen LogP contribution in [0.3, 0.4) is 0 Å². The smallest absolute Gasteiger partial charge is 0.269 e. The second kappa shape index (κ2) is 5.42. The Bertz CT molecular complexity index is 522. The van der Waals surface area contributed by atoms with E-state index in [1.807, 2.05) is 30.3 Å². The van der Waals surface area contributed by atoms with Crippen LogP contribution in [0.15, 0.2) is 54.6 Å². The zero-order valence-corrected chi connectivity index (χ0v) is 9.95. The molecule has 1 unspecified atom stereocenters. The Morgan fingerprint density at radius 1 is 1.00 bits per heavy atom. The van der Waals surface area contributed by atoms with Gasteiger partial charge in [0.15, 0.2) is 0 Å². The monoisotopic (exact) mass is 243 g/mol. The molecule has 2 aromatic carbocycles. The first-order chi connectivity index (χ1) is 8.72. The molecule has 0 saturated carbocycles. The number of hydrogen-bond donors (Lipinski definition) is 0. The molecule has 0 spiro atoms. The summed E-state index contributed by atoms with van der Waals surface area (Å²) in [5.74, 6) is 0. The van der Waals surface area contributed by atoms with Crippen molar-refractivity contribution in [3.05, 3.63) is 75.8 Å². The third kappa shape index (κ3) is 2.55. The van der Waals surface area contributed by atoms with Crippen LogP contribution >= 0.6 is 0 Å². The van der Waals surface area contributed by atoms with Crippen LogP contribution in [-0.2, 0) is 4.74 Å². The first-order valence-electron chi connectivity index (χ1n) is 5.54. The van der Waals surface area contributed by atoms with E-state index >= 15 is 0 Å². The summed E-state index contributed by atoms with van der Waals surface area (Å²) in [5, 5.41) is 10.6. The van der Waals surface area contributed by atoms with Gasteiger partial charge in [0.05, 0.1) is 4.92 Å². The summed E-state index contributed by atoms with van der Waals surface area (Å²) in [7, 11) is 1.62. The molecular formula is C14H13NO3. The molecule has 1 atom stereocenters. The lowest BCUT2D eigenvalue weighted by atomic mass is 10.0. The number of nitrogens with zero attached hydrogens (tertiary/aromatic N) is 1. The van der Waals surface area contributed by atoms with Gasteiger partial charge in [-0.3, -0.25) is 10.1 Å². The quantitative estimate of drug-likeness (QED) is 0.611. The molecule has 18 heavy (non-hydrogen) atoms. The number of rotatable bonds is 4. The summed E-state index contributed by atoms with van der Waals surface area (Å²) >= 11 is 0. The maximum atomic E-state index is 10.6. The van der Waals surface area contributed by atoms with Crippen molar-refractivity contribution in [1.82, 2.24) is 0 Å². The Morgan fingerprint density at radius 3 is 2.06 bits per heavy atom. The van der Waals surface area contributed by atoms with E-state index in [0.717, 1.165) is 11.1 Å². The molecule has 0 aliphatic heterocycles. The van der Waals surface area contributed by atoms with E-state index in [9.17, 15) is 10.1 Å². The molecular weight excluding hydrogens is 230 g/mol. The molecule has 0 amide bonds. The van der Waals surface area contributed by atoms with E-state index in [1.54, 1.807) is 19.2 Å². The van der Waals surface area contributed by atoms with Gasteiger partial charge in [-0.1, -0.05) is 30.3 Å². The molecule has 2 rings (SSSR count). The molecule has 0 aliphatic rings. The van der Waals surface area contributed by atoms with Crippen molar-refractivity contribution < 1.29 is 9.66 Å². The van der Waals surface area contributed by atoms with E-state index in [-0.39, 0.29) is 11.8 Å². The summed E-state index contributed by atoms with van der Waals surface area (Å²) in [6, 6.07) is 16.2. The molecule has 92 valence electrons. The maximum Gasteiger partial charge on any atom is 0.269 e. The second-order valence-corrected chi connectivity index (χ2v) is 3.88. The van der Waals surface area contributed by atoms with Gasteiger partial charge in [0.2, 0.25) is 0 Å². The van der Waals surface area contributed by atoms with Gasteiger partial charge in [-0.05, 0) is 23.3 Å². The van der Waals surface area contributed by atoms with E-state index in [1.165, 1.54) is 12.1 Å². The number of hydrogen-bond acceptors (Lipinski definition) is 3. The van der Waals surface area contributed by atoms with Crippen LogP contribution in [0, 0.1) is 10.1 Å². The van der Waals surface area contributed by atoms with Crippen LogP contribution in [0.25, 0.3) is 0 Å². The summed E-state index contributed by atoms with van der Waals surface area (Å²) in [6.45, 7) is 0. The van der Waals surface area contributed by atoms with Gasteiger partial charge in [0.25, 0.3) is 5.69 Å². The third-order valence-corrected chi connectivity index (χ3v) is 2.74.